The molecule has 71 heavy (non-hydrogen) atoms. The molecule has 8 atom stereocenters. The van der Waals surface area contributed by atoms with E-state index in [4.69, 9.17) is 20.3 Å². The Morgan fingerprint density at radius 1 is 0.887 bits per heavy atom. The van der Waals surface area contributed by atoms with E-state index < -0.39 is 54.0 Å². The minimum Gasteiger partial charge on any atom is -0.481 e. The zero-order valence-electron chi connectivity index (χ0n) is 41.9. The first kappa shape index (κ1) is 54.2. The molecule has 0 radical (unpaired) electrons. The molecule has 7 amide bonds. The third-order valence-electron chi connectivity index (χ3n) is 15.2. The van der Waals surface area contributed by atoms with E-state index in [-0.39, 0.29) is 67.0 Å². The third kappa shape index (κ3) is 13.9. The lowest BCUT2D eigenvalue weighted by Gasteiger charge is -2.57. The second-order valence-electron chi connectivity index (χ2n) is 20.3. The first-order chi connectivity index (χ1) is 33.8. The number of carbonyl (C=O) groups excluding carboxylic acids is 6. The van der Waals surface area contributed by atoms with E-state index in [1.165, 1.54) is 39.4 Å². The largest absolute Gasteiger partial charge is 0.481 e. The van der Waals surface area contributed by atoms with Gasteiger partial charge in [0.25, 0.3) is 0 Å². The van der Waals surface area contributed by atoms with Crippen LogP contribution in [0.5, 0.6) is 0 Å². The molecular weight excluding hydrogens is 929 g/mol. The molecular formula is C52H72N8O10S. The summed E-state index contributed by atoms with van der Waals surface area (Å²) in [6, 6.07) is 8.02. The summed E-state index contributed by atoms with van der Waals surface area (Å²) in [5.74, 6) is -1.71. The molecule has 0 bridgehead atoms. The standard InChI is InChI=1S/C52H72N8O10S/c1-32(2)45(58-43(61)30-71-31-44(62)63)47(65)57-42(10-8-24-55-48(53)66)46(64)56-36-14-11-33(12-15-36)29-69-49(67)59(5)25-26-60(6)50(68)70-37-19-21-51(3)35(27-37)13-16-38-40-18-17-39(34-9-7-23-54-28-34)52(40,4)22-20-41(38)51/h7,9,11-15,17,23,28,32,37-38,40-42,45H,8,10,16,18-22,24-27,29-31H2,1-6H3,(H,56,64)(H,57,65)(H,58,61)(H,62,63)(H3,53,55,66)/t37-,38-,40-,41-,42-,45-,51-,52+/m0/s1. The highest BCUT2D eigenvalue weighted by molar-refractivity contribution is 8.00. The molecule has 1 heterocycles. The molecule has 4 aliphatic carbocycles. The van der Waals surface area contributed by atoms with Gasteiger partial charge in [-0.05, 0) is 121 Å². The first-order valence-electron chi connectivity index (χ1n) is 24.7. The molecule has 0 aliphatic heterocycles. The fourth-order valence-corrected chi connectivity index (χ4v) is 11.7. The predicted octanol–water partition coefficient (Wildman–Crippen LogP) is 6.57. The molecule has 2 fully saturated rings. The van der Waals surface area contributed by atoms with Gasteiger partial charge in [-0.2, -0.15) is 0 Å². The molecule has 0 unspecified atom stereocenters. The van der Waals surface area contributed by atoms with E-state index in [1.807, 2.05) is 18.5 Å². The summed E-state index contributed by atoms with van der Waals surface area (Å²) in [7, 11) is 3.26. The van der Waals surface area contributed by atoms with Crippen LogP contribution >= 0.6 is 11.8 Å². The maximum atomic E-state index is 13.5. The number of aromatic nitrogens is 1. The van der Waals surface area contributed by atoms with E-state index in [2.05, 4.69) is 58.3 Å². The zero-order valence-corrected chi connectivity index (χ0v) is 42.7. The lowest BCUT2D eigenvalue weighted by Crippen LogP contribution is -2.54. The molecule has 4 aliphatic rings. The number of carboxylic acid groups (broad SMARTS) is 1. The minimum atomic E-state index is -1.07. The smallest absolute Gasteiger partial charge is 0.409 e. The SMILES string of the molecule is CC(C)[C@H](NC(=O)CSCC(=O)O)C(=O)N[C@@H](CCCNC(N)=O)C(=O)Nc1ccc(COC(=O)N(C)CCN(C)C(=O)O[C@H]2CC[C@@]3(C)C(=CC[C@@H]4[C@@H]3CC[C@]3(C)C(c5cccnc5)=CC[C@@H]43)C2)cc1. The summed E-state index contributed by atoms with van der Waals surface area (Å²) in [5, 5.41) is 19.4. The normalized spacial score (nSPS) is 24.0. The number of allylic oxidation sites excluding steroid dienone is 3. The number of urea groups is 1. The molecule has 6 rings (SSSR count). The number of thioether (sulfide) groups is 1. The van der Waals surface area contributed by atoms with Crippen molar-refractivity contribution in [3.63, 3.8) is 0 Å². The number of hydrogen-bond acceptors (Lipinski definition) is 11. The summed E-state index contributed by atoms with van der Waals surface area (Å²) < 4.78 is 11.6. The van der Waals surface area contributed by atoms with Crippen LogP contribution in [0.2, 0.25) is 0 Å². The van der Waals surface area contributed by atoms with E-state index in [1.54, 1.807) is 52.2 Å². The number of hydrogen-bond donors (Lipinski definition) is 6. The Morgan fingerprint density at radius 3 is 2.28 bits per heavy atom. The van der Waals surface area contributed by atoms with Gasteiger partial charge in [0.15, 0.2) is 0 Å². The van der Waals surface area contributed by atoms with E-state index >= 15 is 0 Å². The number of ether oxygens (including phenoxy) is 2. The molecule has 0 spiro atoms. The van der Waals surface area contributed by atoms with Gasteiger partial charge < -0.3 is 51.4 Å². The number of nitrogens with one attached hydrogen (secondary N) is 4. The molecule has 19 heteroatoms. The zero-order chi connectivity index (χ0) is 51.5. The Hall–Kier alpha value is -6.11. The van der Waals surface area contributed by atoms with Gasteiger partial charge in [0.1, 0.15) is 24.8 Å². The van der Waals surface area contributed by atoms with Crippen LogP contribution in [0.3, 0.4) is 0 Å². The summed E-state index contributed by atoms with van der Waals surface area (Å²) in [6.45, 7) is 8.92. The Kier molecular flexibility index (Phi) is 18.6. The average Bonchev–Trinajstić information content (AvgIpc) is 3.70. The fourth-order valence-electron chi connectivity index (χ4n) is 11.2. The van der Waals surface area contributed by atoms with Crippen molar-refractivity contribution < 1.29 is 48.1 Å². The van der Waals surface area contributed by atoms with Crippen LogP contribution in [0, 0.1) is 34.5 Å². The minimum absolute atomic E-state index is 0.0562. The van der Waals surface area contributed by atoms with Gasteiger partial charge in [-0.15, -0.1) is 11.8 Å². The van der Waals surface area contributed by atoms with Gasteiger partial charge in [0, 0.05) is 58.2 Å². The number of likely N-dealkylation sites (N-methyl/N-ethyl adjacent to an activating group) is 2. The molecule has 18 nitrogen and oxygen atoms in total. The second-order valence-corrected chi connectivity index (χ2v) is 21.3. The highest BCUT2D eigenvalue weighted by Gasteiger charge is 2.57. The highest BCUT2D eigenvalue weighted by Crippen LogP contribution is 2.66. The van der Waals surface area contributed by atoms with Gasteiger partial charge in [-0.25, -0.2) is 14.4 Å². The third-order valence-corrected chi connectivity index (χ3v) is 16.1. The number of pyridine rings is 1. The number of aliphatic carboxylic acids is 1. The Balaban J connectivity index is 0.930. The number of fused-ring (bicyclic) bond motifs is 5. The number of nitrogens with two attached hydrogens (primary N) is 1. The van der Waals surface area contributed by atoms with Gasteiger partial charge in [-0.1, -0.05) is 63.6 Å². The second kappa shape index (κ2) is 24.3. The van der Waals surface area contributed by atoms with Crippen molar-refractivity contribution in [2.75, 3.05) is 50.6 Å². The number of nitrogens with zero attached hydrogens (tertiary/aromatic N) is 3. The van der Waals surface area contributed by atoms with Crippen molar-refractivity contribution >= 4 is 64.9 Å². The van der Waals surface area contributed by atoms with Crippen molar-refractivity contribution in [3.05, 3.63) is 77.6 Å². The maximum absolute atomic E-state index is 13.5. The van der Waals surface area contributed by atoms with Crippen LogP contribution < -0.4 is 27.0 Å². The maximum Gasteiger partial charge on any atom is 0.409 e. The number of anilines is 1. The van der Waals surface area contributed by atoms with Crippen molar-refractivity contribution in [3.8, 4) is 0 Å². The number of carboxylic acids is 1. The summed E-state index contributed by atoms with van der Waals surface area (Å²) in [5.41, 5.74) is 10.6. The van der Waals surface area contributed by atoms with E-state index in [0.717, 1.165) is 43.9 Å². The summed E-state index contributed by atoms with van der Waals surface area (Å²) in [6.07, 6.45) is 15.1. The van der Waals surface area contributed by atoms with Crippen molar-refractivity contribution in [1.29, 1.82) is 0 Å². The Labute approximate surface area is 421 Å². The van der Waals surface area contributed by atoms with Crippen molar-refractivity contribution in [2.45, 2.75) is 110 Å². The number of primary amides is 1. The van der Waals surface area contributed by atoms with Gasteiger partial charge in [0.2, 0.25) is 17.7 Å². The Morgan fingerprint density at radius 2 is 1.61 bits per heavy atom. The summed E-state index contributed by atoms with van der Waals surface area (Å²) >= 11 is 0.893. The number of amides is 7. The van der Waals surface area contributed by atoms with Crippen LogP contribution in [-0.2, 0) is 35.3 Å². The molecule has 386 valence electrons. The fraction of sp³-hybridized carbons (Fsp3) is 0.577. The lowest BCUT2D eigenvalue weighted by molar-refractivity contribution is -0.134. The molecule has 2 aromatic rings. The average molecular weight is 1000 g/mol. The van der Waals surface area contributed by atoms with E-state index in [9.17, 15) is 33.6 Å². The van der Waals surface area contributed by atoms with Crippen LogP contribution in [-0.4, -0.2) is 125 Å². The van der Waals surface area contributed by atoms with Crippen LogP contribution in [0.15, 0.2) is 66.5 Å². The summed E-state index contributed by atoms with van der Waals surface area (Å²) in [4.78, 5) is 95.0. The Bertz CT molecular complexity index is 2310. The highest BCUT2D eigenvalue weighted by atomic mass is 32.2. The quantitative estimate of drug-likeness (QED) is 0.0574. The topological polar surface area (TPSA) is 252 Å². The van der Waals surface area contributed by atoms with Gasteiger partial charge in [-0.3, -0.25) is 24.2 Å². The van der Waals surface area contributed by atoms with Crippen LogP contribution in [0.1, 0.15) is 96.6 Å². The van der Waals surface area contributed by atoms with Crippen molar-refractivity contribution in [2.24, 2.45) is 40.2 Å². The number of benzene rings is 1. The van der Waals surface area contributed by atoms with Gasteiger partial charge >= 0.3 is 24.2 Å². The van der Waals surface area contributed by atoms with Crippen molar-refractivity contribution in [1.82, 2.24) is 30.7 Å². The van der Waals surface area contributed by atoms with E-state index in [0.29, 0.717) is 35.4 Å². The molecule has 7 N–H and O–H groups in total. The lowest BCUT2D eigenvalue weighted by atomic mass is 9.47. The monoisotopic (exact) mass is 1000 g/mol. The predicted molar refractivity (Wildman–Crippen MR) is 271 cm³/mol. The van der Waals surface area contributed by atoms with Crippen LogP contribution in [0.25, 0.3) is 5.57 Å². The van der Waals surface area contributed by atoms with Gasteiger partial charge in [0.05, 0.1) is 11.5 Å². The molecule has 1 aromatic heterocycles. The van der Waals surface area contributed by atoms with Crippen LogP contribution in [0.4, 0.5) is 20.1 Å². The molecule has 2 saturated carbocycles. The number of rotatable bonds is 21. The molecule has 1 aromatic carbocycles. The number of carbonyl (C=O) groups is 7. The molecule has 0 saturated heterocycles. The first-order valence-corrected chi connectivity index (χ1v) is 25.9.